The van der Waals surface area contributed by atoms with E-state index in [1.807, 2.05) is 0 Å². The number of hydrogen-bond acceptors (Lipinski definition) is 10. The number of oxime groups is 1. The van der Waals surface area contributed by atoms with Crippen LogP contribution in [-0.2, 0) is 28.8 Å². The molecular formula is C17H15N5O7S2. The Labute approximate surface area is 183 Å². The Kier molecular flexibility index (Phi) is 6.78. The number of carboxylic acids is 1. The molecule has 3 rings (SSSR count). The molecule has 1 aromatic rings. The molecule has 0 bridgehead atoms. The van der Waals surface area contributed by atoms with Crippen LogP contribution in [0.25, 0.3) is 0 Å². The maximum Gasteiger partial charge on any atom is 0.356 e. The van der Waals surface area contributed by atoms with Crippen LogP contribution in [0.4, 0.5) is 5.13 Å². The second kappa shape index (κ2) is 9.49. The highest BCUT2D eigenvalue weighted by Gasteiger charge is 2.55. The lowest BCUT2D eigenvalue weighted by Crippen LogP contribution is -2.71. The van der Waals surface area contributed by atoms with Crippen molar-refractivity contribution in [1.29, 1.82) is 0 Å². The van der Waals surface area contributed by atoms with Gasteiger partial charge in [-0.05, 0) is 0 Å². The van der Waals surface area contributed by atoms with Crippen LogP contribution in [0.5, 0.6) is 0 Å². The largest absolute Gasteiger partial charge is 0.498 e. The van der Waals surface area contributed by atoms with Gasteiger partial charge in [-0.3, -0.25) is 19.3 Å². The quantitative estimate of drug-likeness (QED) is 0.108. The molecule has 31 heavy (non-hydrogen) atoms. The number of carboxylic acid groups (broad SMARTS) is 1. The second-order valence-electron chi connectivity index (χ2n) is 5.86. The molecule has 0 aromatic carbocycles. The second-order valence-corrected chi connectivity index (χ2v) is 7.82. The lowest BCUT2D eigenvalue weighted by Gasteiger charge is -2.48. The highest BCUT2D eigenvalue weighted by atomic mass is 32.2. The molecule has 0 aliphatic carbocycles. The third-order valence-corrected chi connectivity index (χ3v) is 6.14. The van der Waals surface area contributed by atoms with Gasteiger partial charge in [0, 0.05) is 5.38 Å². The highest BCUT2D eigenvalue weighted by Crippen LogP contribution is 2.40. The van der Waals surface area contributed by atoms with E-state index in [1.54, 1.807) is 0 Å². The Morgan fingerprint density at radius 1 is 1.55 bits per heavy atom. The summed E-state index contributed by atoms with van der Waals surface area (Å²) in [6.07, 6.45) is 5.54. The summed E-state index contributed by atoms with van der Waals surface area (Å²) < 4.78 is 5.06. The fourth-order valence-electron chi connectivity index (χ4n) is 2.79. The molecule has 1 saturated heterocycles. The molecule has 1 unspecified atom stereocenters. The zero-order valence-corrected chi connectivity index (χ0v) is 17.5. The number of aromatic nitrogens is 1. The number of thioether (sulfide) groups is 1. The Bertz CT molecular complexity index is 1030. The van der Waals surface area contributed by atoms with Gasteiger partial charge in [0.25, 0.3) is 11.8 Å². The predicted octanol–water partition coefficient (Wildman–Crippen LogP) is -0.592. The Hall–Kier alpha value is -3.57. The van der Waals surface area contributed by atoms with Crippen molar-refractivity contribution in [2.45, 2.75) is 11.4 Å². The average molecular weight is 465 g/mol. The summed E-state index contributed by atoms with van der Waals surface area (Å²) in [5.41, 5.74) is -0.419. The number of β-lactam (4-membered cyclic amide) rings is 1. The molecule has 1 fully saturated rings. The van der Waals surface area contributed by atoms with Crippen molar-refractivity contribution < 1.29 is 33.9 Å². The lowest BCUT2D eigenvalue weighted by atomic mass is 10.0. The molecule has 2 aliphatic rings. The number of carbonyl (C=O) groups is 4. The number of carbonyl (C=O) groups excluding carboxylic acids is 3. The van der Waals surface area contributed by atoms with Crippen LogP contribution in [0.3, 0.4) is 0 Å². The van der Waals surface area contributed by atoms with Crippen molar-refractivity contribution in [1.82, 2.24) is 15.2 Å². The van der Waals surface area contributed by atoms with Crippen molar-refractivity contribution in [3.8, 4) is 12.3 Å². The third kappa shape index (κ3) is 4.32. The predicted molar refractivity (Wildman–Crippen MR) is 110 cm³/mol. The first-order valence-corrected chi connectivity index (χ1v) is 10.4. The van der Waals surface area contributed by atoms with Crippen LogP contribution >= 0.6 is 23.1 Å². The van der Waals surface area contributed by atoms with E-state index in [0.717, 1.165) is 16.2 Å². The van der Waals surface area contributed by atoms with E-state index in [0.29, 0.717) is 6.41 Å². The monoisotopic (exact) mass is 465 g/mol. The van der Waals surface area contributed by atoms with Crippen LogP contribution in [0.15, 0.2) is 22.0 Å². The van der Waals surface area contributed by atoms with Gasteiger partial charge in [-0.2, -0.15) is 0 Å². The first kappa shape index (κ1) is 22.1. The summed E-state index contributed by atoms with van der Waals surface area (Å²) >= 11 is 2.29. The van der Waals surface area contributed by atoms with E-state index in [2.05, 4.69) is 26.7 Å². The van der Waals surface area contributed by atoms with E-state index < -0.39 is 29.2 Å². The minimum atomic E-state index is -1.30. The van der Waals surface area contributed by atoms with E-state index in [4.69, 9.17) is 16.0 Å². The van der Waals surface area contributed by atoms with Gasteiger partial charge in [-0.25, -0.2) is 9.78 Å². The average Bonchev–Trinajstić information content (AvgIpc) is 3.22. The van der Waals surface area contributed by atoms with Gasteiger partial charge in [-0.15, -0.1) is 29.5 Å². The molecular weight excluding hydrogens is 450 g/mol. The number of rotatable bonds is 9. The summed E-state index contributed by atoms with van der Waals surface area (Å²) in [6.45, 7) is -0.207. The van der Waals surface area contributed by atoms with Gasteiger partial charge in [0.1, 0.15) is 22.9 Å². The molecule has 0 spiro atoms. The minimum absolute atomic E-state index is 0.0941. The summed E-state index contributed by atoms with van der Waals surface area (Å²) in [5.74, 6) is -0.113. The molecule has 3 heterocycles. The first-order valence-electron chi connectivity index (χ1n) is 8.48. The molecule has 2 atom stereocenters. The number of fused-ring (bicyclic) bond motifs is 1. The van der Waals surface area contributed by atoms with E-state index >= 15 is 0 Å². The molecule has 162 valence electrons. The lowest BCUT2D eigenvalue weighted by molar-refractivity contribution is -0.150. The van der Waals surface area contributed by atoms with E-state index in [-0.39, 0.29) is 40.4 Å². The van der Waals surface area contributed by atoms with E-state index in [9.17, 15) is 24.3 Å². The fourth-order valence-corrected chi connectivity index (χ4v) is 4.76. The Morgan fingerprint density at radius 3 is 2.97 bits per heavy atom. The van der Waals surface area contributed by atoms with Gasteiger partial charge >= 0.3 is 5.97 Å². The molecule has 1 aromatic heterocycles. The highest BCUT2D eigenvalue weighted by molar-refractivity contribution is 8.00. The number of methoxy groups -OCH3 is 1. The van der Waals surface area contributed by atoms with Crippen LogP contribution in [-0.4, -0.2) is 75.8 Å². The fraction of sp³-hybridized carbons (Fsp3) is 0.294. The van der Waals surface area contributed by atoms with Crippen molar-refractivity contribution >= 4 is 58.1 Å². The molecule has 12 nitrogen and oxygen atoms in total. The summed E-state index contributed by atoms with van der Waals surface area (Å²) in [5, 5.41) is 19.1. The number of aliphatic carboxylic acids is 1. The number of anilines is 1. The van der Waals surface area contributed by atoms with Gasteiger partial charge in [-0.1, -0.05) is 11.1 Å². The third-order valence-electron chi connectivity index (χ3n) is 4.12. The summed E-state index contributed by atoms with van der Waals surface area (Å²) in [4.78, 5) is 57.6. The molecule has 0 radical (unpaired) electrons. The number of nitrogens with one attached hydrogen (secondary N) is 2. The molecule has 3 amide bonds. The summed E-state index contributed by atoms with van der Waals surface area (Å²) in [7, 11) is 1.32. The van der Waals surface area contributed by atoms with E-state index in [1.165, 1.54) is 24.3 Å². The van der Waals surface area contributed by atoms with Crippen molar-refractivity contribution in [2.75, 3.05) is 24.8 Å². The minimum Gasteiger partial charge on any atom is -0.498 e. The normalized spacial score (nSPS) is 20.2. The number of thiazole rings is 1. The van der Waals surface area contributed by atoms with Crippen molar-refractivity contribution in [2.24, 2.45) is 5.16 Å². The topological polar surface area (TPSA) is 160 Å². The van der Waals surface area contributed by atoms with Gasteiger partial charge in [0.2, 0.25) is 6.41 Å². The zero-order valence-electron chi connectivity index (χ0n) is 15.9. The molecule has 0 saturated carbocycles. The van der Waals surface area contributed by atoms with Crippen LogP contribution in [0.2, 0.25) is 0 Å². The molecule has 2 aliphatic heterocycles. The smallest absolute Gasteiger partial charge is 0.356 e. The zero-order chi connectivity index (χ0) is 22.5. The number of nitrogens with zero attached hydrogens (tertiary/aromatic N) is 3. The van der Waals surface area contributed by atoms with Crippen LogP contribution < -0.4 is 10.6 Å². The van der Waals surface area contributed by atoms with Crippen LogP contribution in [0.1, 0.15) is 5.69 Å². The van der Waals surface area contributed by atoms with Gasteiger partial charge < -0.3 is 25.3 Å². The Balaban J connectivity index is 1.80. The standard InChI is InChI=1S/C17H15N5O7S2/c1-3-4-29-21-10(8-5-31-17(19-8)18-7-23)13(24)20-11-14(25)22-12(16(26)27)9(28-2)6-30-15(11)22/h1,5,7,11,15H,4,6H2,2H3,(H,20,24)(H,26,27)(H,18,19,23)/t11?,15-/m1/s1. The molecule has 3 N–H and O–H groups in total. The number of ether oxygens (including phenoxy) is 1. The summed E-state index contributed by atoms with van der Waals surface area (Å²) in [6, 6.07) is -0.991. The number of amides is 3. The number of hydrogen-bond donors (Lipinski definition) is 3. The van der Waals surface area contributed by atoms with Gasteiger partial charge in [0.05, 0.1) is 12.9 Å². The number of terminal acetylenes is 1. The molecule has 14 heteroatoms. The van der Waals surface area contributed by atoms with Crippen molar-refractivity contribution in [3.05, 3.63) is 22.5 Å². The first-order chi connectivity index (χ1) is 14.9. The maximum absolute atomic E-state index is 12.8. The maximum atomic E-state index is 12.8. The van der Waals surface area contributed by atoms with Crippen LogP contribution in [0, 0.1) is 12.3 Å². The Morgan fingerprint density at radius 2 is 2.32 bits per heavy atom. The van der Waals surface area contributed by atoms with Gasteiger partial charge in [0.15, 0.2) is 23.1 Å². The van der Waals surface area contributed by atoms with Crippen molar-refractivity contribution in [3.63, 3.8) is 0 Å². The SMILES string of the molecule is C#CCON=C(C(=O)NC1C(=O)N2C(C(=O)O)=C(OC)CS[C@H]12)c1csc(NC=O)n1.